The van der Waals surface area contributed by atoms with Crippen molar-refractivity contribution in [3.8, 4) is 0 Å². The molecule has 0 aromatic rings. The molecule has 0 saturated heterocycles. The minimum atomic E-state index is -3.78. The minimum absolute atomic E-state index is 0.0720. The van der Waals surface area contributed by atoms with Crippen LogP contribution < -0.4 is 14.8 Å². The summed E-state index contributed by atoms with van der Waals surface area (Å²) in [5, 5.41) is 10.3. The Morgan fingerprint density at radius 1 is 1.24 bits per heavy atom. The van der Waals surface area contributed by atoms with E-state index in [-0.39, 0.29) is 13.2 Å². The van der Waals surface area contributed by atoms with Crippen molar-refractivity contribution in [1.29, 1.82) is 0 Å². The summed E-state index contributed by atoms with van der Waals surface area (Å²) in [5.41, 5.74) is 0. The van der Waals surface area contributed by atoms with Crippen molar-refractivity contribution in [3.05, 3.63) is 0 Å². The summed E-state index contributed by atoms with van der Waals surface area (Å²) in [4.78, 5) is 21.1. The zero-order valence-corrected chi connectivity index (χ0v) is 10.0. The van der Waals surface area contributed by atoms with Crippen LogP contribution in [0.3, 0.4) is 0 Å². The smallest absolute Gasteiger partial charge is 0.322 e. The second-order valence-corrected chi connectivity index (χ2v) is 4.47. The van der Waals surface area contributed by atoms with Gasteiger partial charge in [-0.25, -0.2) is 0 Å². The van der Waals surface area contributed by atoms with Gasteiger partial charge >= 0.3 is 5.97 Å². The molecule has 0 spiro atoms. The van der Waals surface area contributed by atoms with Gasteiger partial charge in [-0.05, 0) is 0 Å². The molecule has 1 amide bonds. The molecule has 100 valence electrons. The zero-order chi connectivity index (χ0) is 13.3. The number of carbonyl (C=O) groups is 2. The molecule has 0 aromatic heterocycles. The van der Waals surface area contributed by atoms with Crippen molar-refractivity contribution < 1.29 is 27.9 Å². The molecule has 0 aliphatic heterocycles. The lowest BCUT2D eigenvalue weighted by molar-refractivity contribution is -0.137. The fourth-order valence-electron chi connectivity index (χ4n) is 0.726. The summed E-state index contributed by atoms with van der Waals surface area (Å²) >= 11 is 0. The predicted octanol–water partition coefficient (Wildman–Crippen LogP) is -2.74. The Kier molecular flexibility index (Phi) is 7.37. The van der Waals surface area contributed by atoms with Crippen molar-refractivity contribution in [2.75, 3.05) is 33.4 Å². The zero-order valence-electron chi connectivity index (χ0n) is 9.23. The number of carboxylic acid groups (broad SMARTS) is 1. The molecular weight excluding hydrogens is 254 g/mol. The number of aliphatic carboxylic acids is 1. The summed E-state index contributed by atoms with van der Waals surface area (Å²) in [6, 6.07) is 0. The highest BCUT2D eigenvalue weighted by atomic mass is 32.2. The van der Waals surface area contributed by atoms with E-state index in [4.69, 9.17) is 5.11 Å². The first-order chi connectivity index (χ1) is 7.87. The van der Waals surface area contributed by atoms with Crippen LogP contribution in [-0.4, -0.2) is 58.8 Å². The van der Waals surface area contributed by atoms with Crippen LogP contribution in [0.15, 0.2) is 0 Å². The van der Waals surface area contributed by atoms with E-state index in [2.05, 4.69) is 9.46 Å². The van der Waals surface area contributed by atoms with E-state index >= 15 is 0 Å². The predicted molar refractivity (Wildman–Crippen MR) is 57.4 cm³/mol. The van der Waals surface area contributed by atoms with Gasteiger partial charge in [0.15, 0.2) is 0 Å². The molecule has 4 N–H and O–H groups in total. The van der Waals surface area contributed by atoms with Gasteiger partial charge in [-0.3, -0.25) is 9.59 Å². The van der Waals surface area contributed by atoms with Gasteiger partial charge in [0.2, 0.25) is 5.91 Å². The van der Waals surface area contributed by atoms with Crippen LogP contribution in [0.25, 0.3) is 0 Å². The molecule has 0 radical (unpaired) electrons. The first-order valence-corrected chi connectivity index (χ1v) is 6.07. The molecule has 0 saturated carbocycles. The molecule has 10 heteroatoms. The number of carbonyl (C=O) groups excluding carboxylic acids is 1. The van der Waals surface area contributed by atoms with Gasteiger partial charge in [-0.15, -0.1) is 0 Å². The molecule has 0 unspecified atom stereocenters. The molecule has 0 aliphatic carbocycles. The second-order valence-electron chi connectivity index (χ2n) is 2.88. The molecule has 0 aliphatic rings. The maximum atomic E-state index is 11.2. The lowest BCUT2D eigenvalue weighted by Gasteiger charge is -2.07. The number of hydrogen-bond acceptors (Lipinski definition) is 5. The van der Waals surface area contributed by atoms with E-state index in [0.717, 1.165) is 0 Å². The van der Waals surface area contributed by atoms with Crippen LogP contribution >= 0.6 is 0 Å². The molecule has 0 bridgehead atoms. The summed E-state index contributed by atoms with van der Waals surface area (Å²) in [6.07, 6.45) is 0. The number of methoxy groups -OCH3 is 1. The topological polar surface area (TPSA) is 134 Å². The van der Waals surface area contributed by atoms with E-state index in [9.17, 15) is 18.0 Å². The standard InChI is InChI=1S/C7H15N3O6S/c1-16-3-2-9-17(14,15)10-4-6(11)8-5-7(12)13/h9-10H,2-5H2,1H3,(H,8,11)(H,12,13). The Bertz CT molecular complexity index is 355. The highest BCUT2D eigenvalue weighted by molar-refractivity contribution is 7.87. The first-order valence-electron chi connectivity index (χ1n) is 4.59. The molecule has 17 heavy (non-hydrogen) atoms. The highest BCUT2D eigenvalue weighted by Gasteiger charge is 2.11. The maximum absolute atomic E-state index is 11.2. The lowest BCUT2D eigenvalue weighted by Crippen LogP contribution is -2.44. The molecule has 0 rings (SSSR count). The molecule has 0 heterocycles. The maximum Gasteiger partial charge on any atom is 0.322 e. The van der Waals surface area contributed by atoms with Crippen molar-refractivity contribution in [2.24, 2.45) is 0 Å². The Labute approximate surface area is 98.7 Å². The van der Waals surface area contributed by atoms with Crippen LogP contribution in [0.1, 0.15) is 0 Å². The average Bonchev–Trinajstić information content (AvgIpc) is 2.24. The second kappa shape index (κ2) is 7.95. The number of amides is 1. The van der Waals surface area contributed by atoms with Crippen molar-refractivity contribution >= 4 is 22.1 Å². The van der Waals surface area contributed by atoms with Crippen molar-refractivity contribution in [3.63, 3.8) is 0 Å². The third-order valence-electron chi connectivity index (χ3n) is 1.46. The highest BCUT2D eigenvalue weighted by Crippen LogP contribution is 1.77. The van der Waals surface area contributed by atoms with Gasteiger partial charge in [0.1, 0.15) is 6.54 Å². The van der Waals surface area contributed by atoms with Crippen LogP contribution in [0.5, 0.6) is 0 Å². The normalized spacial score (nSPS) is 11.1. The summed E-state index contributed by atoms with van der Waals surface area (Å²) in [6.45, 7) is -0.818. The van der Waals surface area contributed by atoms with E-state index in [1.807, 2.05) is 10.0 Å². The Balaban J connectivity index is 3.84. The molecular formula is C7H15N3O6S. The van der Waals surface area contributed by atoms with Gasteiger partial charge < -0.3 is 15.2 Å². The summed E-state index contributed by atoms with van der Waals surface area (Å²) < 4.78 is 31.0. The van der Waals surface area contributed by atoms with Crippen LogP contribution in [0.2, 0.25) is 0 Å². The third kappa shape index (κ3) is 9.68. The van der Waals surface area contributed by atoms with E-state index in [1.54, 1.807) is 0 Å². The van der Waals surface area contributed by atoms with Crippen molar-refractivity contribution in [1.82, 2.24) is 14.8 Å². The Morgan fingerprint density at radius 2 is 1.88 bits per heavy atom. The molecule has 0 fully saturated rings. The fraction of sp³-hybridized carbons (Fsp3) is 0.714. The largest absolute Gasteiger partial charge is 0.480 e. The Hall–Kier alpha value is -1.23. The van der Waals surface area contributed by atoms with Gasteiger partial charge in [0.25, 0.3) is 10.2 Å². The van der Waals surface area contributed by atoms with E-state index in [1.165, 1.54) is 7.11 Å². The van der Waals surface area contributed by atoms with Crippen LogP contribution in [0, 0.1) is 0 Å². The van der Waals surface area contributed by atoms with Gasteiger partial charge in [0, 0.05) is 13.7 Å². The Morgan fingerprint density at radius 3 is 2.41 bits per heavy atom. The van der Waals surface area contributed by atoms with Gasteiger partial charge in [0.05, 0.1) is 13.2 Å². The molecule has 9 nitrogen and oxygen atoms in total. The van der Waals surface area contributed by atoms with Crippen LogP contribution in [-0.2, 0) is 24.5 Å². The molecule has 0 aromatic carbocycles. The monoisotopic (exact) mass is 269 g/mol. The van der Waals surface area contributed by atoms with Gasteiger partial charge in [-0.2, -0.15) is 17.9 Å². The van der Waals surface area contributed by atoms with E-state index in [0.29, 0.717) is 0 Å². The van der Waals surface area contributed by atoms with Crippen LogP contribution in [0.4, 0.5) is 0 Å². The average molecular weight is 269 g/mol. The number of rotatable bonds is 9. The SMILES string of the molecule is COCCNS(=O)(=O)NCC(=O)NCC(=O)O. The van der Waals surface area contributed by atoms with E-state index < -0.39 is 35.2 Å². The summed E-state index contributed by atoms with van der Waals surface area (Å²) in [5.74, 6) is -1.94. The minimum Gasteiger partial charge on any atom is -0.480 e. The molecule has 0 atom stereocenters. The quantitative estimate of drug-likeness (QED) is 0.335. The summed E-state index contributed by atoms with van der Waals surface area (Å²) in [7, 11) is -2.36. The fourth-order valence-corrected chi connectivity index (χ4v) is 1.50. The van der Waals surface area contributed by atoms with Gasteiger partial charge in [-0.1, -0.05) is 0 Å². The third-order valence-corrected chi connectivity index (χ3v) is 2.57. The first kappa shape index (κ1) is 15.8. The number of nitrogens with one attached hydrogen (secondary N) is 3. The lowest BCUT2D eigenvalue weighted by atomic mass is 10.5. The number of hydrogen-bond donors (Lipinski definition) is 4. The number of carboxylic acids is 1. The van der Waals surface area contributed by atoms with Crippen molar-refractivity contribution in [2.45, 2.75) is 0 Å². The number of ether oxygens (including phenoxy) is 1.